The first-order chi connectivity index (χ1) is 8.50. The fraction of sp³-hybridized carbons (Fsp3) is 0.455. The average Bonchev–Trinajstić information content (AvgIpc) is 2.95. The third-order valence-corrected chi connectivity index (χ3v) is 3.92. The van der Waals surface area contributed by atoms with Crippen molar-refractivity contribution in [2.24, 2.45) is 5.73 Å². The smallest absolute Gasteiger partial charge is 0.326 e. The van der Waals surface area contributed by atoms with Crippen LogP contribution in [0, 0.1) is 0 Å². The molecule has 0 radical (unpaired) electrons. The van der Waals surface area contributed by atoms with E-state index in [9.17, 15) is 14.7 Å². The van der Waals surface area contributed by atoms with Crippen molar-refractivity contribution in [1.29, 1.82) is 0 Å². The number of carboxylic acid groups (broad SMARTS) is 1. The summed E-state index contributed by atoms with van der Waals surface area (Å²) in [7, 11) is 0. The average molecular weight is 270 g/mol. The van der Waals surface area contributed by atoms with Gasteiger partial charge in [0.1, 0.15) is 12.1 Å². The Balaban J connectivity index is 2.15. The van der Waals surface area contributed by atoms with E-state index in [2.05, 4.69) is 0 Å². The molecule has 1 aliphatic heterocycles. The van der Waals surface area contributed by atoms with E-state index in [-0.39, 0.29) is 13.0 Å². The topological polar surface area (TPSA) is 104 Å². The van der Waals surface area contributed by atoms with Crippen LogP contribution in [-0.4, -0.2) is 45.7 Å². The highest BCUT2D eigenvalue weighted by molar-refractivity contribution is 7.10. The molecule has 0 saturated carbocycles. The first-order valence-electron chi connectivity index (χ1n) is 5.51. The second kappa shape index (κ2) is 5.05. The summed E-state index contributed by atoms with van der Waals surface area (Å²) in [4.78, 5) is 25.0. The molecule has 2 unspecified atom stereocenters. The van der Waals surface area contributed by atoms with Crippen LogP contribution in [0.2, 0.25) is 0 Å². The minimum absolute atomic E-state index is 0.0227. The van der Waals surface area contributed by atoms with E-state index in [0.717, 1.165) is 4.90 Å². The Bertz CT molecular complexity index is 448. The van der Waals surface area contributed by atoms with Crippen LogP contribution in [-0.2, 0) is 9.59 Å². The van der Waals surface area contributed by atoms with Crippen molar-refractivity contribution in [2.75, 3.05) is 6.54 Å². The summed E-state index contributed by atoms with van der Waals surface area (Å²) in [6.07, 6.45) is -0.747. The number of nitrogens with zero attached hydrogens (tertiary/aromatic N) is 1. The van der Waals surface area contributed by atoms with Crippen molar-refractivity contribution in [1.82, 2.24) is 4.90 Å². The number of aliphatic hydroxyl groups is 1. The molecule has 7 heteroatoms. The zero-order valence-corrected chi connectivity index (χ0v) is 10.3. The molecule has 18 heavy (non-hydrogen) atoms. The SMILES string of the molecule is NC(C(=O)N1CC(O)C[C@H]1C(=O)O)c1cccs1. The number of nitrogens with two attached hydrogens (primary N) is 1. The predicted octanol–water partition coefficient (Wildman–Crippen LogP) is -0.206. The standard InChI is InChI=1S/C11H14N2O4S/c12-9(8-2-1-3-18-8)10(15)13-5-6(14)4-7(13)11(16)17/h1-3,6-7,9,14H,4-5,12H2,(H,16,17)/t6?,7-,9?/m0/s1. The Morgan fingerprint density at radius 2 is 2.28 bits per heavy atom. The van der Waals surface area contributed by atoms with E-state index < -0.39 is 30.1 Å². The van der Waals surface area contributed by atoms with E-state index in [4.69, 9.17) is 10.8 Å². The van der Waals surface area contributed by atoms with Crippen LogP contribution in [0.15, 0.2) is 17.5 Å². The summed E-state index contributed by atoms with van der Waals surface area (Å²) in [6, 6.07) is 1.66. The number of hydrogen-bond donors (Lipinski definition) is 3. The quantitative estimate of drug-likeness (QED) is 0.705. The van der Waals surface area contributed by atoms with Gasteiger partial charge >= 0.3 is 5.97 Å². The third kappa shape index (κ3) is 2.38. The Hall–Kier alpha value is -1.44. The third-order valence-electron chi connectivity index (χ3n) is 2.96. The molecular formula is C11H14N2O4S. The van der Waals surface area contributed by atoms with Crippen molar-refractivity contribution in [3.8, 4) is 0 Å². The van der Waals surface area contributed by atoms with Crippen LogP contribution in [0.25, 0.3) is 0 Å². The molecule has 2 heterocycles. The van der Waals surface area contributed by atoms with Gasteiger partial charge in [-0.1, -0.05) is 6.07 Å². The zero-order chi connectivity index (χ0) is 13.3. The first-order valence-corrected chi connectivity index (χ1v) is 6.39. The van der Waals surface area contributed by atoms with Gasteiger partial charge in [0.15, 0.2) is 0 Å². The number of carbonyl (C=O) groups excluding carboxylic acids is 1. The van der Waals surface area contributed by atoms with Crippen molar-refractivity contribution in [3.63, 3.8) is 0 Å². The molecule has 0 spiro atoms. The number of aliphatic hydroxyl groups excluding tert-OH is 1. The fourth-order valence-corrected chi connectivity index (χ4v) is 2.78. The summed E-state index contributed by atoms with van der Waals surface area (Å²) >= 11 is 1.35. The number of amides is 1. The Kier molecular flexibility index (Phi) is 3.65. The molecule has 0 aromatic carbocycles. The first kappa shape index (κ1) is 13.0. The van der Waals surface area contributed by atoms with Gasteiger partial charge in [0.25, 0.3) is 0 Å². The lowest BCUT2D eigenvalue weighted by molar-refractivity contribution is -0.148. The van der Waals surface area contributed by atoms with Crippen LogP contribution in [0.4, 0.5) is 0 Å². The van der Waals surface area contributed by atoms with E-state index >= 15 is 0 Å². The van der Waals surface area contributed by atoms with Crippen LogP contribution in [0.1, 0.15) is 17.3 Å². The zero-order valence-electron chi connectivity index (χ0n) is 9.52. The van der Waals surface area contributed by atoms with Gasteiger partial charge in [0.2, 0.25) is 5.91 Å². The van der Waals surface area contributed by atoms with Gasteiger partial charge in [-0.3, -0.25) is 4.79 Å². The Morgan fingerprint density at radius 1 is 1.56 bits per heavy atom. The minimum atomic E-state index is -1.11. The van der Waals surface area contributed by atoms with Gasteiger partial charge < -0.3 is 20.8 Å². The summed E-state index contributed by atoms with van der Waals surface area (Å²) in [5.41, 5.74) is 5.82. The van der Waals surface area contributed by atoms with Gasteiger partial charge in [-0.2, -0.15) is 0 Å². The molecule has 1 aromatic rings. The highest BCUT2D eigenvalue weighted by Gasteiger charge is 2.40. The molecule has 4 N–H and O–H groups in total. The monoisotopic (exact) mass is 270 g/mol. The maximum absolute atomic E-state index is 12.1. The molecule has 1 aromatic heterocycles. The predicted molar refractivity (Wildman–Crippen MR) is 65.0 cm³/mol. The van der Waals surface area contributed by atoms with Crippen LogP contribution >= 0.6 is 11.3 Å². The minimum Gasteiger partial charge on any atom is -0.480 e. The molecular weight excluding hydrogens is 256 g/mol. The van der Waals surface area contributed by atoms with Crippen molar-refractivity contribution >= 4 is 23.2 Å². The van der Waals surface area contributed by atoms with Crippen LogP contribution < -0.4 is 5.73 Å². The number of carboxylic acids is 1. The second-order valence-electron chi connectivity index (χ2n) is 4.23. The number of rotatable bonds is 3. The lowest BCUT2D eigenvalue weighted by Crippen LogP contribution is -2.44. The van der Waals surface area contributed by atoms with E-state index in [1.54, 1.807) is 17.5 Å². The largest absolute Gasteiger partial charge is 0.480 e. The Morgan fingerprint density at radius 3 is 2.83 bits per heavy atom. The maximum atomic E-state index is 12.1. The molecule has 1 amide bonds. The summed E-state index contributed by atoms with van der Waals surface area (Å²) in [5.74, 6) is -1.57. The molecule has 1 aliphatic rings. The maximum Gasteiger partial charge on any atom is 0.326 e. The second-order valence-corrected chi connectivity index (χ2v) is 5.21. The van der Waals surface area contributed by atoms with Gasteiger partial charge in [-0.25, -0.2) is 4.79 Å². The number of hydrogen-bond acceptors (Lipinski definition) is 5. The van der Waals surface area contributed by atoms with Crippen molar-refractivity contribution in [3.05, 3.63) is 22.4 Å². The van der Waals surface area contributed by atoms with Gasteiger partial charge in [0, 0.05) is 17.8 Å². The molecule has 0 aliphatic carbocycles. The number of carbonyl (C=O) groups is 2. The van der Waals surface area contributed by atoms with E-state index in [1.165, 1.54) is 11.3 Å². The molecule has 6 nitrogen and oxygen atoms in total. The summed E-state index contributed by atoms with van der Waals surface area (Å²) in [5, 5.41) is 20.3. The van der Waals surface area contributed by atoms with Gasteiger partial charge in [0.05, 0.1) is 6.10 Å². The number of β-amino-alcohol motifs (C(OH)–C–C–N with tert-alkyl or cyclic N) is 1. The lowest BCUT2D eigenvalue weighted by Gasteiger charge is -2.24. The molecule has 2 rings (SSSR count). The highest BCUT2D eigenvalue weighted by atomic mass is 32.1. The van der Waals surface area contributed by atoms with E-state index in [0.29, 0.717) is 4.88 Å². The number of thiophene rings is 1. The van der Waals surface area contributed by atoms with Crippen molar-refractivity contribution in [2.45, 2.75) is 24.6 Å². The molecule has 1 fully saturated rings. The van der Waals surface area contributed by atoms with Crippen molar-refractivity contribution < 1.29 is 19.8 Å². The fourth-order valence-electron chi connectivity index (χ4n) is 2.06. The lowest BCUT2D eigenvalue weighted by atomic mass is 10.2. The van der Waals surface area contributed by atoms with E-state index in [1.807, 2.05) is 0 Å². The highest BCUT2D eigenvalue weighted by Crippen LogP contribution is 2.24. The Labute approximate surface area is 108 Å². The van der Waals surface area contributed by atoms with Gasteiger partial charge in [-0.05, 0) is 11.4 Å². The number of likely N-dealkylation sites (tertiary alicyclic amines) is 1. The summed E-state index contributed by atoms with van der Waals surface area (Å²) in [6.45, 7) is 0.0227. The molecule has 98 valence electrons. The van der Waals surface area contributed by atoms with Gasteiger partial charge in [-0.15, -0.1) is 11.3 Å². The van der Waals surface area contributed by atoms with Crippen LogP contribution in [0.3, 0.4) is 0 Å². The molecule has 3 atom stereocenters. The molecule has 0 bridgehead atoms. The number of aliphatic carboxylic acids is 1. The normalized spacial score (nSPS) is 25.1. The van der Waals surface area contributed by atoms with Crippen LogP contribution in [0.5, 0.6) is 0 Å². The summed E-state index contributed by atoms with van der Waals surface area (Å²) < 4.78 is 0. The molecule has 1 saturated heterocycles.